The molecule has 6 heteroatoms. The van der Waals surface area contributed by atoms with Crippen molar-refractivity contribution in [3.8, 4) is 0 Å². The molecular formula is C22H35N3O3. The Kier molecular flexibility index (Phi) is 7.63. The minimum atomic E-state index is -0.928. The number of unbranched alkanes of at least 4 members (excludes halogenated alkanes) is 2. The highest BCUT2D eigenvalue weighted by Crippen LogP contribution is 2.32. The molecule has 3 rings (SSSR count). The first-order chi connectivity index (χ1) is 13.6. The van der Waals surface area contributed by atoms with Crippen molar-refractivity contribution < 1.29 is 14.4 Å². The first kappa shape index (κ1) is 21.0. The van der Waals surface area contributed by atoms with Crippen LogP contribution in [0.2, 0.25) is 0 Å². The van der Waals surface area contributed by atoms with E-state index >= 15 is 0 Å². The maximum atomic E-state index is 13.3. The Balaban J connectivity index is 1.81. The lowest BCUT2D eigenvalue weighted by atomic mass is 9.90. The molecule has 3 aliphatic rings. The van der Waals surface area contributed by atoms with Crippen LogP contribution in [0.15, 0.2) is 4.99 Å². The van der Waals surface area contributed by atoms with Crippen molar-refractivity contribution in [2.75, 3.05) is 6.54 Å². The van der Waals surface area contributed by atoms with E-state index in [1.165, 1.54) is 16.0 Å². The molecule has 2 aliphatic carbocycles. The summed E-state index contributed by atoms with van der Waals surface area (Å²) in [5, 5.41) is 0. The van der Waals surface area contributed by atoms with Crippen molar-refractivity contribution in [1.82, 2.24) is 9.80 Å². The molecule has 0 N–H and O–H groups in total. The van der Waals surface area contributed by atoms with Gasteiger partial charge in [0.25, 0.3) is 0 Å². The van der Waals surface area contributed by atoms with Crippen LogP contribution >= 0.6 is 0 Å². The Labute approximate surface area is 168 Å². The molecule has 0 aromatic carbocycles. The summed E-state index contributed by atoms with van der Waals surface area (Å²) in [6.07, 6.45) is 14.5. The monoisotopic (exact) mass is 389 g/mol. The van der Waals surface area contributed by atoms with E-state index in [4.69, 9.17) is 0 Å². The standard InChI is InChI=1S/C22H35N3O3/c1-2-3-10-15-23-16-19-20(26)24(17-11-6-4-7-12-17)22(28)25(21(19)27)18-13-8-5-9-14-18/h16-19H,2-15H2,1H3. The maximum absolute atomic E-state index is 13.3. The Bertz CT molecular complexity index is 552. The number of rotatable bonds is 7. The van der Waals surface area contributed by atoms with Crippen LogP contribution in [0.3, 0.4) is 0 Å². The number of hydrogen-bond donors (Lipinski definition) is 0. The molecule has 0 aromatic rings. The van der Waals surface area contributed by atoms with Gasteiger partial charge in [0.2, 0.25) is 11.8 Å². The van der Waals surface area contributed by atoms with E-state index in [1.54, 1.807) is 0 Å². The van der Waals surface area contributed by atoms with Gasteiger partial charge in [0.15, 0.2) is 5.92 Å². The molecular weight excluding hydrogens is 354 g/mol. The van der Waals surface area contributed by atoms with Crippen LogP contribution in [0, 0.1) is 5.92 Å². The molecule has 1 heterocycles. The minimum Gasteiger partial charge on any atom is -0.296 e. The van der Waals surface area contributed by atoms with Crippen molar-refractivity contribution in [1.29, 1.82) is 0 Å². The van der Waals surface area contributed by atoms with E-state index in [0.29, 0.717) is 6.54 Å². The second-order valence-corrected chi connectivity index (χ2v) is 8.52. The number of carbonyl (C=O) groups excluding carboxylic acids is 3. The number of imide groups is 2. The summed E-state index contributed by atoms with van der Waals surface area (Å²) >= 11 is 0. The summed E-state index contributed by atoms with van der Waals surface area (Å²) in [5.74, 6) is -1.63. The number of hydrogen-bond acceptors (Lipinski definition) is 4. The van der Waals surface area contributed by atoms with Crippen LogP contribution in [-0.2, 0) is 9.59 Å². The molecule has 0 spiro atoms. The fourth-order valence-electron chi connectivity index (χ4n) is 4.82. The number of urea groups is 1. The predicted molar refractivity (Wildman–Crippen MR) is 109 cm³/mol. The topological polar surface area (TPSA) is 70.1 Å². The smallest absolute Gasteiger partial charge is 0.296 e. The SMILES string of the molecule is CCCCCN=CC1C(=O)N(C2CCCCC2)C(=O)N(C2CCCCC2)C1=O. The lowest BCUT2D eigenvalue weighted by Gasteiger charge is -2.44. The molecule has 1 aliphatic heterocycles. The quantitative estimate of drug-likeness (QED) is 0.370. The molecule has 3 fully saturated rings. The average Bonchev–Trinajstić information content (AvgIpc) is 2.72. The number of barbiturate groups is 1. The highest BCUT2D eigenvalue weighted by Gasteiger charge is 2.49. The van der Waals surface area contributed by atoms with Gasteiger partial charge in [0.05, 0.1) is 0 Å². The van der Waals surface area contributed by atoms with Crippen LogP contribution in [0.1, 0.15) is 90.4 Å². The summed E-state index contributed by atoms with van der Waals surface area (Å²) in [4.78, 5) is 46.8. The van der Waals surface area contributed by atoms with Crippen LogP contribution in [0.5, 0.6) is 0 Å². The highest BCUT2D eigenvalue weighted by atomic mass is 16.2. The molecule has 28 heavy (non-hydrogen) atoms. The molecule has 2 saturated carbocycles. The summed E-state index contributed by atoms with van der Waals surface area (Å²) < 4.78 is 0. The van der Waals surface area contributed by atoms with Crippen LogP contribution < -0.4 is 0 Å². The van der Waals surface area contributed by atoms with Crippen molar-refractivity contribution in [3.63, 3.8) is 0 Å². The first-order valence-corrected chi connectivity index (χ1v) is 11.3. The Morgan fingerprint density at radius 2 is 1.32 bits per heavy atom. The Morgan fingerprint density at radius 1 is 0.821 bits per heavy atom. The zero-order valence-electron chi connectivity index (χ0n) is 17.3. The molecule has 0 aromatic heterocycles. The van der Waals surface area contributed by atoms with Crippen molar-refractivity contribution in [2.24, 2.45) is 10.9 Å². The van der Waals surface area contributed by atoms with Gasteiger partial charge in [-0.15, -0.1) is 0 Å². The van der Waals surface area contributed by atoms with Crippen LogP contribution in [0.25, 0.3) is 0 Å². The summed E-state index contributed by atoms with van der Waals surface area (Å²) in [6, 6.07) is -0.503. The molecule has 6 nitrogen and oxygen atoms in total. The normalized spacial score (nSPS) is 24.0. The van der Waals surface area contributed by atoms with Gasteiger partial charge < -0.3 is 0 Å². The van der Waals surface area contributed by atoms with Gasteiger partial charge in [-0.05, 0) is 32.1 Å². The van der Waals surface area contributed by atoms with E-state index in [2.05, 4.69) is 11.9 Å². The second kappa shape index (κ2) is 10.2. The zero-order chi connectivity index (χ0) is 19.9. The van der Waals surface area contributed by atoms with E-state index in [0.717, 1.165) is 83.5 Å². The third-order valence-corrected chi connectivity index (χ3v) is 6.44. The largest absolute Gasteiger partial charge is 0.333 e. The molecule has 0 atom stereocenters. The molecule has 156 valence electrons. The molecule has 0 radical (unpaired) electrons. The fourth-order valence-corrected chi connectivity index (χ4v) is 4.82. The Morgan fingerprint density at radius 3 is 1.79 bits per heavy atom. The first-order valence-electron chi connectivity index (χ1n) is 11.3. The van der Waals surface area contributed by atoms with Gasteiger partial charge in [0.1, 0.15) is 0 Å². The summed E-state index contributed by atoms with van der Waals surface area (Å²) in [6.45, 7) is 2.76. The average molecular weight is 390 g/mol. The van der Waals surface area contributed by atoms with Crippen molar-refractivity contribution in [3.05, 3.63) is 0 Å². The second-order valence-electron chi connectivity index (χ2n) is 8.52. The molecule has 0 unspecified atom stereocenters. The van der Waals surface area contributed by atoms with Crippen molar-refractivity contribution in [2.45, 2.75) is 102 Å². The van der Waals surface area contributed by atoms with Gasteiger partial charge in [-0.1, -0.05) is 58.3 Å². The third kappa shape index (κ3) is 4.64. The lowest BCUT2D eigenvalue weighted by Crippen LogP contribution is -2.65. The molecule has 4 amide bonds. The minimum absolute atomic E-state index is 0.0658. The van der Waals surface area contributed by atoms with Gasteiger partial charge in [0, 0.05) is 24.8 Å². The van der Waals surface area contributed by atoms with Gasteiger partial charge in [-0.2, -0.15) is 0 Å². The van der Waals surface area contributed by atoms with Gasteiger partial charge >= 0.3 is 6.03 Å². The number of carbonyl (C=O) groups is 3. The van der Waals surface area contributed by atoms with E-state index < -0.39 is 5.92 Å². The van der Waals surface area contributed by atoms with Crippen LogP contribution in [-0.4, -0.2) is 52.5 Å². The zero-order valence-corrected chi connectivity index (χ0v) is 17.3. The number of amides is 4. The predicted octanol–water partition coefficient (Wildman–Crippen LogP) is 4.32. The number of nitrogens with zero attached hydrogens (tertiary/aromatic N) is 3. The van der Waals surface area contributed by atoms with Gasteiger partial charge in [-0.25, -0.2) is 4.79 Å². The van der Waals surface area contributed by atoms with Crippen molar-refractivity contribution >= 4 is 24.1 Å². The lowest BCUT2D eigenvalue weighted by molar-refractivity contribution is -0.149. The van der Waals surface area contributed by atoms with Crippen LogP contribution in [0.4, 0.5) is 4.79 Å². The van der Waals surface area contributed by atoms with Gasteiger partial charge in [-0.3, -0.25) is 24.4 Å². The number of aliphatic imine (C=N–C) groups is 1. The summed E-state index contributed by atoms with van der Waals surface area (Å²) in [7, 11) is 0. The van der Waals surface area contributed by atoms with E-state index in [1.807, 2.05) is 0 Å². The Hall–Kier alpha value is -1.72. The summed E-state index contributed by atoms with van der Waals surface area (Å²) in [5.41, 5.74) is 0. The van der Waals surface area contributed by atoms with E-state index in [-0.39, 0.29) is 29.9 Å². The molecule has 0 bridgehead atoms. The highest BCUT2D eigenvalue weighted by molar-refractivity contribution is 6.23. The fraction of sp³-hybridized carbons (Fsp3) is 0.818. The van der Waals surface area contributed by atoms with E-state index in [9.17, 15) is 14.4 Å². The maximum Gasteiger partial charge on any atom is 0.333 e. The molecule has 1 saturated heterocycles. The third-order valence-electron chi connectivity index (χ3n) is 6.44.